The first-order valence-electron chi connectivity index (χ1n) is 18.6. The van der Waals surface area contributed by atoms with Crippen molar-refractivity contribution in [3.8, 4) is 12.1 Å². The van der Waals surface area contributed by atoms with E-state index in [1.54, 1.807) is 21.2 Å². The molecular weight excluding hydrogens is 757 g/mol. The van der Waals surface area contributed by atoms with E-state index < -0.39 is 0 Å². The SMILES string of the molecule is C.C.C.C.Cc1cc(C(=O)N2CC[C@@H](C)[C@H](c3cc(C#N)nc4ncnn34)C2)cc(C)n1.Cc1cc(C(=O)N2CC[C@H](C)[C@@H](c3cc(C#N)nc4ncnn34)C2)cc(C)n1. The molecule has 2 aliphatic rings. The van der Waals surface area contributed by atoms with Crippen LogP contribution in [-0.2, 0) is 0 Å². The van der Waals surface area contributed by atoms with Crippen LogP contribution in [0.1, 0.15) is 134 Å². The van der Waals surface area contributed by atoms with Gasteiger partial charge in [0.1, 0.15) is 36.2 Å². The van der Waals surface area contributed by atoms with E-state index in [1.807, 2.05) is 61.8 Å². The number of piperidine rings is 2. The number of carbonyl (C=O) groups excluding carboxylic acids is 2. The summed E-state index contributed by atoms with van der Waals surface area (Å²) in [5, 5.41) is 27.2. The Morgan fingerprint density at radius 2 is 0.933 bits per heavy atom. The molecule has 2 amide bonds. The molecule has 6 aromatic rings. The van der Waals surface area contributed by atoms with E-state index >= 15 is 0 Å². The molecule has 2 saturated heterocycles. The number of pyridine rings is 2. The summed E-state index contributed by atoms with van der Waals surface area (Å²) in [5.41, 5.74) is 7.03. The fourth-order valence-corrected chi connectivity index (χ4v) is 7.87. The maximum atomic E-state index is 13.1. The summed E-state index contributed by atoms with van der Waals surface area (Å²) in [6.45, 7) is 14.4. The Morgan fingerprint density at radius 1 is 0.583 bits per heavy atom. The summed E-state index contributed by atoms with van der Waals surface area (Å²) in [6.07, 6.45) is 4.62. The normalized spacial score (nSPS) is 18.3. The van der Waals surface area contributed by atoms with Gasteiger partial charge in [0.2, 0.25) is 0 Å². The first kappa shape index (κ1) is 47.7. The number of hydrogen-bond donors (Lipinski definition) is 0. The number of hydrogen-bond acceptors (Lipinski definition) is 12. The van der Waals surface area contributed by atoms with Crippen LogP contribution >= 0.6 is 0 Å². The molecule has 60 heavy (non-hydrogen) atoms. The van der Waals surface area contributed by atoms with Gasteiger partial charge in [0.05, 0.1) is 11.4 Å². The van der Waals surface area contributed by atoms with Gasteiger partial charge < -0.3 is 9.80 Å². The van der Waals surface area contributed by atoms with Crippen LogP contribution in [0.15, 0.2) is 49.1 Å². The largest absolute Gasteiger partial charge is 0.338 e. The highest BCUT2D eigenvalue weighted by atomic mass is 16.2. The molecule has 2 fully saturated rings. The number of fused-ring (bicyclic) bond motifs is 2. The number of nitrogens with zero attached hydrogens (tertiary/aromatic N) is 14. The minimum absolute atomic E-state index is 0. The number of likely N-dealkylation sites (tertiary alicyclic amines) is 2. The third-order valence-corrected chi connectivity index (χ3v) is 10.7. The molecule has 2 aliphatic heterocycles. The molecule has 4 atom stereocenters. The lowest BCUT2D eigenvalue weighted by atomic mass is 9.84. The van der Waals surface area contributed by atoms with Crippen molar-refractivity contribution in [3.05, 3.63) is 106 Å². The molecule has 0 unspecified atom stereocenters. The Bertz CT molecular complexity index is 2330. The van der Waals surface area contributed by atoms with Gasteiger partial charge in [-0.1, -0.05) is 43.6 Å². The van der Waals surface area contributed by atoms with Gasteiger partial charge in [-0.05, 0) is 88.8 Å². The molecule has 6 aromatic heterocycles. The predicted octanol–water partition coefficient (Wildman–Crippen LogP) is 7.09. The van der Waals surface area contributed by atoms with Crippen LogP contribution in [0.4, 0.5) is 0 Å². The van der Waals surface area contributed by atoms with Crippen molar-refractivity contribution in [1.82, 2.24) is 58.9 Å². The Balaban J connectivity index is 0.000000300. The molecule has 0 bridgehead atoms. The van der Waals surface area contributed by atoms with Crippen molar-refractivity contribution in [1.29, 1.82) is 10.5 Å². The first-order valence-corrected chi connectivity index (χ1v) is 18.6. The average Bonchev–Trinajstić information content (AvgIpc) is 3.87. The Hall–Kier alpha value is -6.68. The monoisotopic (exact) mass is 814 g/mol. The highest BCUT2D eigenvalue weighted by Gasteiger charge is 2.34. The van der Waals surface area contributed by atoms with E-state index in [0.717, 1.165) is 47.0 Å². The van der Waals surface area contributed by atoms with E-state index in [2.05, 4.69) is 66.1 Å². The molecule has 0 N–H and O–H groups in total. The molecule has 316 valence electrons. The molecule has 16 heteroatoms. The zero-order chi connectivity index (χ0) is 39.7. The smallest absolute Gasteiger partial charge is 0.254 e. The Kier molecular flexibility index (Phi) is 15.8. The summed E-state index contributed by atoms with van der Waals surface area (Å²) in [6, 6.07) is 15.0. The van der Waals surface area contributed by atoms with Crippen LogP contribution in [0.3, 0.4) is 0 Å². The summed E-state index contributed by atoms with van der Waals surface area (Å²) < 4.78 is 3.35. The number of carbonyl (C=O) groups is 2. The van der Waals surface area contributed by atoms with Crippen molar-refractivity contribution in [2.75, 3.05) is 26.2 Å². The van der Waals surface area contributed by atoms with Gasteiger partial charge in [0.25, 0.3) is 23.4 Å². The zero-order valence-corrected chi connectivity index (χ0v) is 32.2. The molecule has 8 heterocycles. The summed E-state index contributed by atoms with van der Waals surface area (Å²) in [5.74, 6) is 1.60. The maximum Gasteiger partial charge on any atom is 0.254 e. The van der Waals surface area contributed by atoms with Crippen molar-refractivity contribution >= 4 is 23.4 Å². The van der Waals surface area contributed by atoms with E-state index in [0.29, 0.717) is 72.1 Å². The average molecular weight is 815 g/mol. The maximum absolute atomic E-state index is 13.1. The summed E-state index contributed by atoms with van der Waals surface area (Å²) in [7, 11) is 0. The van der Waals surface area contributed by atoms with Crippen LogP contribution in [0, 0.1) is 62.2 Å². The van der Waals surface area contributed by atoms with E-state index in [9.17, 15) is 20.1 Å². The van der Waals surface area contributed by atoms with Crippen LogP contribution in [-0.4, -0.2) is 96.9 Å². The van der Waals surface area contributed by atoms with Crippen LogP contribution in [0.25, 0.3) is 11.6 Å². The molecule has 0 aromatic carbocycles. The highest BCUT2D eigenvalue weighted by molar-refractivity contribution is 5.95. The fraction of sp³-hybridized carbons (Fsp3) is 0.455. The second-order valence-electron chi connectivity index (χ2n) is 14.8. The number of aryl methyl sites for hydroxylation is 4. The second-order valence-corrected chi connectivity index (χ2v) is 14.8. The number of nitriles is 2. The lowest BCUT2D eigenvalue weighted by Crippen LogP contribution is -2.42. The van der Waals surface area contributed by atoms with Crippen LogP contribution in [0.5, 0.6) is 0 Å². The number of rotatable bonds is 4. The summed E-state index contributed by atoms with van der Waals surface area (Å²) in [4.78, 5) is 55.4. The van der Waals surface area contributed by atoms with Crippen LogP contribution in [0.2, 0.25) is 0 Å². The molecule has 0 spiro atoms. The third kappa shape index (κ3) is 9.77. The Morgan fingerprint density at radius 3 is 1.27 bits per heavy atom. The van der Waals surface area contributed by atoms with Gasteiger partial charge in [-0.25, -0.2) is 19.0 Å². The van der Waals surface area contributed by atoms with Crippen LogP contribution < -0.4 is 0 Å². The molecule has 0 radical (unpaired) electrons. The van der Waals surface area contributed by atoms with Gasteiger partial charge in [-0.3, -0.25) is 19.6 Å². The van der Waals surface area contributed by atoms with E-state index in [-0.39, 0.29) is 53.4 Å². The molecule has 0 aliphatic carbocycles. The Labute approximate surface area is 353 Å². The second kappa shape index (κ2) is 19.8. The lowest BCUT2D eigenvalue weighted by molar-refractivity contribution is 0.0658. The predicted molar refractivity (Wildman–Crippen MR) is 230 cm³/mol. The first-order chi connectivity index (χ1) is 26.9. The number of amides is 2. The molecule has 16 nitrogen and oxygen atoms in total. The van der Waals surface area contributed by atoms with Crippen molar-refractivity contribution in [2.45, 2.75) is 95.9 Å². The summed E-state index contributed by atoms with van der Waals surface area (Å²) >= 11 is 0. The van der Waals surface area contributed by atoms with Gasteiger partial charge in [0.15, 0.2) is 0 Å². The standard InChI is InChI=1S/2C20H21N7O.4CH4/c2*1-12-4-5-26(19(28)15-6-13(2)24-14(3)7-15)10-17(12)18-8-16(9-21)25-20-22-11-23-27(18)20;;;;/h2*6-8,11-12,17H,4-5,10H2,1-3H3;4*1H4/t2*12-,17-;;;;/m10..../s1. The van der Waals surface area contributed by atoms with E-state index in [1.165, 1.54) is 12.7 Å². The van der Waals surface area contributed by atoms with Crippen molar-refractivity contribution in [3.63, 3.8) is 0 Å². The molecule has 8 rings (SSSR count). The minimum Gasteiger partial charge on any atom is -0.338 e. The topological polar surface area (TPSA) is 200 Å². The minimum atomic E-state index is 0. The van der Waals surface area contributed by atoms with Gasteiger partial charge in [0, 0.05) is 71.9 Å². The van der Waals surface area contributed by atoms with Gasteiger partial charge in [-0.15, -0.1) is 0 Å². The zero-order valence-electron chi connectivity index (χ0n) is 32.2. The van der Waals surface area contributed by atoms with Crippen molar-refractivity contribution < 1.29 is 9.59 Å². The fourth-order valence-electron chi connectivity index (χ4n) is 7.87. The lowest BCUT2D eigenvalue weighted by Gasteiger charge is -2.37. The van der Waals surface area contributed by atoms with Gasteiger partial charge in [-0.2, -0.15) is 30.7 Å². The molecule has 0 saturated carbocycles. The quantitative estimate of drug-likeness (QED) is 0.175. The highest BCUT2D eigenvalue weighted by Crippen LogP contribution is 2.34. The molecular formula is C44H58N14O2. The number of aromatic nitrogens is 10. The third-order valence-electron chi connectivity index (χ3n) is 10.7. The van der Waals surface area contributed by atoms with Crippen molar-refractivity contribution in [2.24, 2.45) is 11.8 Å². The van der Waals surface area contributed by atoms with Gasteiger partial charge >= 0.3 is 0 Å². The van der Waals surface area contributed by atoms with E-state index in [4.69, 9.17) is 0 Å².